The van der Waals surface area contributed by atoms with Gasteiger partial charge >= 0.3 is 6.36 Å². The molecule has 0 bridgehead atoms. The Morgan fingerprint density at radius 3 is 2.70 bits per heavy atom. The Balaban J connectivity index is 1.49. The normalized spacial score (nSPS) is 15.5. The predicted octanol–water partition coefficient (Wildman–Crippen LogP) is 4.45. The minimum atomic E-state index is -4.81. The summed E-state index contributed by atoms with van der Waals surface area (Å²) in [4.78, 5) is 21.6. The Bertz CT molecular complexity index is 1110. The fourth-order valence-corrected chi connectivity index (χ4v) is 4.67. The lowest BCUT2D eigenvalue weighted by Gasteiger charge is -2.36. The van der Waals surface area contributed by atoms with Crippen molar-refractivity contribution in [2.24, 2.45) is 0 Å². The molecular weight excluding hydrogens is 455 g/mol. The van der Waals surface area contributed by atoms with Crippen LogP contribution in [0, 0.1) is 0 Å². The summed E-state index contributed by atoms with van der Waals surface area (Å²) >= 11 is 1.29. The van der Waals surface area contributed by atoms with Crippen molar-refractivity contribution in [2.45, 2.75) is 32.2 Å². The zero-order valence-electron chi connectivity index (χ0n) is 18.2. The number of para-hydroxylation sites is 2. The molecule has 1 aliphatic rings. The molecule has 0 saturated carbocycles. The van der Waals surface area contributed by atoms with E-state index in [0.717, 1.165) is 32.5 Å². The third-order valence-electron chi connectivity index (χ3n) is 5.76. The molecule has 1 fully saturated rings. The molecule has 0 unspecified atom stereocenters. The van der Waals surface area contributed by atoms with Gasteiger partial charge in [-0.25, -0.2) is 9.67 Å². The number of benzene rings is 1. The SMILES string of the molecule is CCN1CCC(N(C)C(=O)c2csc(-c3cnn(-c4ccccc4OC(F)(F)F)c3)n2)CC1. The number of ether oxygens (including phenoxy) is 1. The van der Waals surface area contributed by atoms with Crippen LogP contribution in [0.1, 0.15) is 30.3 Å². The van der Waals surface area contributed by atoms with Crippen LogP contribution in [0.5, 0.6) is 5.75 Å². The molecule has 33 heavy (non-hydrogen) atoms. The van der Waals surface area contributed by atoms with Gasteiger partial charge in [0.15, 0.2) is 5.75 Å². The van der Waals surface area contributed by atoms with Crippen LogP contribution < -0.4 is 4.74 Å². The molecule has 4 rings (SSSR count). The zero-order chi connectivity index (χ0) is 23.6. The average Bonchev–Trinajstić information content (AvgIpc) is 3.47. The van der Waals surface area contributed by atoms with Gasteiger partial charge in [0.2, 0.25) is 0 Å². The first-order valence-corrected chi connectivity index (χ1v) is 11.5. The number of carbonyl (C=O) groups is 1. The fourth-order valence-electron chi connectivity index (χ4n) is 3.90. The van der Waals surface area contributed by atoms with Crippen LogP contribution in [0.3, 0.4) is 0 Å². The number of amides is 1. The summed E-state index contributed by atoms with van der Waals surface area (Å²) in [5, 5.41) is 6.43. The molecule has 176 valence electrons. The number of likely N-dealkylation sites (tertiary alicyclic amines) is 1. The summed E-state index contributed by atoms with van der Waals surface area (Å²) < 4.78 is 43.6. The Hall–Kier alpha value is -2.92. The largest absolute Gasteiger partial charge is 0.573 e. The predicted molar refractivity (Wildman–Crippen MR) is 119 cm³/mol. The van der Waals surface area contributed by atoms with E-state index in [1.54, 1.807) is 22.5 Å². The quantitative estimate of drug-likeness (QED) is 0.523. The fraction of sp³-hybridized carbons (Fsp3) is 0.409. The van der Waals surface area contributed by atoms with E-state index in [1.165, 1.54) is 40.4 Å². The lowest BCUT2D eigenvalue weighted by atomic mass is 10.0. The number of hydrogen-bond acceptors (Lipinski definition) is 6. The second-order valence-electron chi connectivity index (χ2n) is 7.81. The summed E-state index contributed by atoms with van der Waals surface area (Å²) in [5.74, 6) is -0.492. The number of nitrogens with zero attached hydrogens (tertiary/aromatic N) is 5. The number of piperidine rings is 1. The van der Waals surface area contributed by atoms with Gasteiger partial charge < -0.3 is 14.5 Å². The van der Waals surface area contributed by atoms with E-state index >= 15 is 0 Å². The molecule has 0 aliphatic carbocycles. The first-order chi connectivity index (χ1) is 15.7. The van der Waals surface area contributed by atoms with Crippen LogP contribution in [0.4, 0.5) is 13.2 Å². The molecule has 1 saturated heterocycles. The van der Waals surface area contributed by atoms with E-state index in [-0.39, 0.29) is 23.4 Å². The number of thiazole rings is 1. The van der Waals surface area contributed by atoms with Crippen molar-refractivity contribution >= 4 is 17.2 Å². The third-order valence-corrected chi connectivity index (χ3v) is 6.65. The minimum absolute atomic E-state index is 0.135. The molecule has 2 aromatic heterocycles. The molecule has 0 N–H and O–H groups in total. The lowest BCUT2D eigenvalue weighted by molar-refractivity contribution is -0.274. The molecule has 1 amide bonds. The van der Waals surface area contributed by atoms with Crippen molar-refractivity contribution in [1.29, 1.82) is 0 Å². The van der Waals surface area contributed by atoms with E-state index in [9.17, 15) is 18.0 Å². The van der Waals surface area contributed by atoms with Crippen molar-refractivity contribution in [1.82, 2.24) is 24.6 Å². The van der Waals surface area contributed by atoms with Gasteiger partial charge in [-0.15, -0.1) is 24.5 Å². The standard InChI is InChI=1S/C22H24F3N5O2S/c1-3-29-10-8-16(9-11-29)28(2)21(31)17-14-33-20(27-17)15-12-26-30(13-15)18-6-4-5-7-19(18)32-22(23,24)25/h4-7,12-14,16H,3,8-11H2,1-2H3. The van der Waals surface area contributed by atoms with Crippen molar-refractivity contribution in [3.8, 4) is 22.0 Å². The van der Waals surface area contributed by atoms with Gasteiger partial charge in [-0.3, -0.25) is 4.79 Å². The number of alkyl halides is 3. The highest BCUT2D eigenvalue weighted by molar-refractivity contribution is 7.13. The van der Waals surface area contributed by atoms with E-state index in [1.807, 2.05) is 7.05 Å². The second-order valence-corrected chi connectivity index (χ2v) is 8.67. The molecule has 1 aromatic carbocycles. The van der Waals surface area contributed by atoms with Crippen LogP contribution in [0.25, 0.3) is 16.3 Å². The minimum Gasteiger partial charge on any atom is -0.403 e. The highest BCUT2D eigenvalue weighted by Gasteiger charge is 2.32. The van der Waals surface area contributed by atoms with Crippen molar-refractivity contribution in [3.05, 3.63) is 47.7 Å². The Morgan fingerprint density at radius 2 is 2.00 bits per heavy atom. The van der Waals surface area contributed by atoms with E-state index in [0.29, 0.717) is 16.3 Å². The van der Waals surface area contributed by atoms with Crippen LogP contribution >= 0.6 is 11.3 Å². The first-order valence-electron chi connectivity index (χ1n) is 10.6. The van der Waals surface area contributed by atoms with E-state index < -0.39 is 6.36 Å². The van der Waals surface area contributed by atoms with Gasteiger partial charge in [-0.05, 0) is 31.5 Å². The van der Waals surface area contributed by atoms with E-state index in [2.05, 4.69) is 26.6 Å². The summed E-state index contributed by atoms with van der Waals surface area (Å²) in [6.07, 6.45) is 0.117. The van der Waals surface area contributed by atoms with Gasteiger partial charge in [0.1, 0.15) is 16.4 Å². The van der Waals surface area contributed by atoms with Crippen LogP contribution in [-0.4, -0.2) is 69.6 Å². The number of carbonyl (C=O) groups excluding carboxylic acids is 1. The van der Waals surface area contributed by atoms with Crippen molar-refractivity contribution in [3.63, 3.8) is 0 Å². The maximum absolute atomic E-state index is 13.0. The van der Waals surface area contributed by atoms with Crippen LogP contribution in [-0.2, 0) is 0 Å². The maximum atomic E-state index is 13.0. The number of aromatic nitrogens is 3. The molecule has 3 aromatic rings. The molecule has 0 spiro atoms. The van der Waals surface area contributed by atoms with Crippen molar-refractivity contribution in [2.75, 3.05) is 26.7 Å². The summed E-state index contributed by atoms with van der Waals surface area (Å²) in [5.41, 5.74) is 1.09. The van der Waals surface area contributed by atoms with Gasteiger partial charge in [0.25, 0.3) is 5.91 Å². The van der Waals surface area contributed by atoms with Crippen LogP contribution in [0.2, 0.25) is 0 Å². The first kappa shape index (κ1) is 23.2. The third kappa shape index (κ3) is 5.36. The Morgan fingerprint density at radius 1 is 1.27 bits per heavy atom. The topological polar surface area (TPSA) is 63.5 Å². The molecule has 11 heteroatoms. The summed E-state index contributed by atoms with van der Waals surface area (Å²) in [6.45, 7) is 5.09. The smallest absolute Gasteiger partial charge is 0.403 e. The Kier molecular flexibility index (Phi) is 6.71. The maximum Gasteiger partial charge on any atom is 0.573 e. The molecule has 7 nitrogen and oxygen atoms in total. The van der Waals surface area contributed by atoms with Gasteiger partial charge in [-0.1, -0.05) is 19.1 Å². The number of rotatable bonds is 6. The van der Waals surface area contributed by atoms with Gasteiger partial charge in [0.05, 0.1) is 6.20 Å². The van der Waals surface area contributed by atoms with Gasteiger partial charge in [-0.2, -0.15) is 5.10 Å². The molecular formula is C22H24F3N5O2S. The summed E-state index contributed by atoms with van der Waals surface area (Å²) in [6, 6.07) is 5.94. The van der Waals surface area contributed by atoms with Gasteiger partial charge in [0, 0.05) is 43.3 Å². The monoisotopic (exact) mass is 479 g/mol. The molecule has 0 radical (unpaired) electrons. The summed E-state index contributed by atoms with van der Waals surface area (Å²) in [7, 11) is 1.81. The zero-order valence-corrected chi connectivity index (χ0v) is 19.1. The number of halogens is 3. The molecule has 3 heterocycles. The number of hydrogen-bond donors (Lipinski definition) is 0. The average molecular weight is 480 g/mol. The highest BCUT2D eigenvalue weighted by atomic mass is 32.1. The lowest BCUT2D eigenvalue weighted by Crippen LogP contribution is -2.45. The Labute approximate surface area is 193 Å². The van der Waals surface area contributed by atoms with E-state index in [4.69, 9.17) is 0 Å². The highest BCUT2D eigenvalue weighted by Crippen LogP contribution is 2.31. The molecule has 0 atom stereocenters. The second kappa shape index (κ2) is 9.52. The van der Waals surface area contributed by atoms with Crippen LogP contribution in [0.15, 0.2) is 42.0 Å². The molecule has 1 aliphatic heterocycles. The van der Waals surface area contributed by atoms with Crippen molar-refractivity contribution < 1.29 is 22.7 Å².